The second-order valence-corrected chi connectivity index (χ2v) is 6.76. The van der Waals surface area contributed by atoms with Crippen molar-refractivity contribution in [2.75, 3.05) is 19.7 Å². The molecule has 3 N–H and O–H groups in total. The van der Waals surface area contributed by atoms with Gasteiger partial charge in [-0.15, -0.1) is 0 Å². The number of carbonyl (C=O) groups excluding carboxylic acids is 4. The second kappa shape index (κ2) is 11.2. The van der Waals surface area contributed by atoms with Gasteiger partial charge in [0.25, 0.3) is 11.8 Å². The van der Waals surface area contributed by atoms with E-state index in [1.807, 2.05) is 19.2 Å². The van der Waals surface area contributed by atoms with E-state index >= 15 is 0 Å². The molecule has 26 heavy (non-hydrogen) atoms. The SMILES string of the molecule is CC(C)CCNC(=O)NC(=O)COC(=O)CNC(=O)c1cccc(Br)c1. The lowest BCUT2D eigenvalue weighted by Gasteiger charge is -2.09. The number of hydrogen-bond donors (Lipinski definition) is 3. The minimum Gasteiger partial charge on any atom is -0.454 e. The first kappa shape index (κ1) is 21.6. The highest BCUT2D eigenvalue weighted by atomic mass is 79.9. The number of hydrogen-bond acceptors (Lipinski definition) is 5. The Hall–Kier alpha value is -2.42. The maximum Gasteiger partial charge on any atom is 0.325 e. The van der Waals surface area contributed by atoms with Crippen LogP contribution in [0.2, 0.25) is 0 Å². The third-order valence-electron chi connectivity index (χ3n) is 3.10. The lowest BCUT2D eigenvalue weighted by Crippen LogP contribution is -2.42. The van der Waals surface area contributed by atoms with Crippen molar-refractivity contribution in [3.05, 3.63) is 34.3 Å². The molecule has 1 aromatic rings. The average Bonchev–Trinajstić information content (AvgIpc) is 2.57. The van der Waals surface area contributed by atoms with Crippen LogP contribution in [0.15, 0.2) is 28.7 Å². The highest BCUT2D eigenvalue weighted by molar-refractivity contribution is 9.10. The third kappa shape index (κ3) is 9.16. The first-order valence-electron chi connectivity index (χ1n) is 8.05. The summed E-state index contributed by atoms with van der Waals surface area (Å²) in [7, 11) is 0. The molecule has 0 aliphatic heterocycles. The molecule has 0 spiro atoms. The zero-order chi connectivity index (χ0) is 19.5. The van der Waals surface area contributed by atoms with Gasteiger partial charge in [0, 0.05) is 16.6 Å². The Morgan fingerprint density at radius 1 is 1.15 bits per heavy atom. The Balaban J connectivity index is 2.24. The Morgan fingerprint density at radius 2 is 1.88 bits per heavy atom. The van der Waals surface area contributed by atoms with Gasteiger partial charge in [-0.3, -0.25) is 19.7 Å². The van der Waals surface area contributed by atoms with Gasteiger partial charge in [0.1, 0.15) is 6.54 Å². The van der Waals surface area contributed by atoms with Gasteiger partial charge in [0.05, 0.1) is 0 Å². The van der Waals surface area contributed by atoms with Crippen molar-refractivity contribution >= 4 is 39.7 Å². The number of carbonyl (C=O) groups is 4. The number of halogens is 1. The van der Waals surface area contributed by atoms with E-state index in [9.17, 15) is 19.2 Å². The zero-order valence-corrected chi connectivity index (χ0v) is 16.2. The molecule has 1 rings (SSSR count). The lowest BCUT2D eigenvalue weighted by atomic mass is 10.1. The van der Waals surface area contributed by atoms with Crippen LogP contribution in [0.25, 0.3) is 0 Å². The Morgan fingerprint density at radius 3 is 2.54 bits per heavy atom. The van der Waals surface area contributed by atoms with Crippen molar-refractivity contribution in [1.29, 1.82) is 0 Å². The molecule has 0 aromatic heterocycles. The summed E-state index contributed by atoms with van der Waals surface area (Å²) in [6, 6.07) is 6.01. The summed E-state index contributed by atoms with van der Waals surface area (Å²) in [4.78, 5) is 46.4. The quantitative estimate of drug-likeness (QED) is 0.545. The number of amides is 4. The molecule has 0 fully saturated rings. The molecule has 0 atom stereocenters. The number of nitrogens with one attached hydrogen (secondary N) is 3. The summed E-state index contributed by atoms with van der Waals surface area (Å²) in [5.74, 6) is -1.56. The van der Waals surface area contributed by atoms with Crippen LogP contribution in [0.5, 0.6) is 0 Å². The zero-order valence-electron chi connectivity index (χ0n) is 14.6. The molecule has 0 saturated heterocycles. The van der Waals surface area contributed by atoms with E-state index in [1.54, 1.807) is 24.3 Å². The van der Waals surface area contributed by atoms with Crippen LogP contribution in [0.4, 0.5) is 4.79 Å². The van der Waals surface area contributed by atoms with E-state index in [0.29, 0.717) is 18.0 Å². The van der Waals surface area contributed by atoms with Crippen LogP contribution in [0.3, 0.4) is 0 Å². The van der Waals surface area contributed by atoms with E-state index in [1.165, 1.54) is 0 Å². The van der Waals surface area contributed by atoms with Crippen molar-refractivity contribution < 1.29 is 23.9 Å². The Kier molecular flexibility index (Phi) is 9.35. The van der Waals surface area contributed by atoms with E-state index < -0.39 is 30.4 Å². The van der Waals surface area contributed by atoms with E-state index in [2.05, 4.69) is 26.6 Å². The van der Waals surface area contributed by atoms with Gasteiger partial charge in [-0.05, 0) is 30.5 Å². The summed E-state index contributed by atoms with van der Waals surface area (Å²) in [5, 5.41) is 6.95. The predicted octanol–water partition coefficient (Wildman–Crippen LogP) is 1.59. The van der Waals surface area contributed by atoms with Crippen molar-refractivity contribution in [3.63, 3.8) is 0 Å². The fraction of sp³-hybridized carbons (Fsp3) is 0.412. The monoisotopic (exact) mass is 427 g/mol. The Bertz CT molecular complexity index is 664. The Labute approximate surface area is 160 Å². The van der Waals surface area contributed by atoms with Crippen molar-refractivity contribution in [2.24, 2.45) is 5.92 Å². The number of ether oxygens (including phenoxy) is 1. The van der Waals surface area contributed by atoms with Crippen LogP contribution in [-0.4, -0.2) is 43.5 Å². The number of rotatable bonds is 8. The molecule has 0 aliphatic carbocycles. The molecule has 142 valence electrons. The van der Waals surface area contributed by atoms with Crippen LogP contribution in [0, 0.1) is 5.92 Å². The van der Waals surface area contributed by atoms with E-state index in [-0.39, 0.29) is 6.54 Å². The van der Waals surface area contributed by atoms with Crippen molar-refractivity contribution in [3.8, 4) is 0 Å². The van der Waals surface area contributed by atoms with Crippen molar-refractivity contribution in [2.45, 2.75) is 20.3 Å². The fourth-order valence-electron chi connectivity index (χ4n) is 1.76. The van der Waals surface area contributed by atoms with Gasteiger partial charge >= 0.3 is 12.0 Å². The summed E-state index contributed by atoms with van der Waals surface area (Å²) >= 11 is 3.24. The number of esters is 1. The predicted molar refractivity (Wildman–Crippen MR) is 98.4 cm³/mol. The molecule has 0 saturated carbocycles. The van der Waals surface area contributed by atoms with Crippen LogP contribution in [0.1, 0.15) is 30.6 Å². The smallest absolute Gasteiger partial charge is 0.325 e. The summed E-state index contributed by atoms with van der Waals surface area (Å²) in [6.07, 6.45) is 0.786. The number of imide groups is 1. The van der Waals surface area contributed by atoms with E-state index in [0.717, 1.165) is 10.9 Å². The molecular weight excluding hydrogens is 406 g/mol. The first-order valence-corrected chi connectivity index (χ1v) is 8.84. The minimum absolute atomic E-state index is 0.378. The molecule has 0 bridgehead atoms. The van der Waals surface area contributed by atoms with Gasteiger partial charge < -0.3 is 15.4 Å². The molecular formula is C17H22BrN3O5. The van der Waals surface area contributed by atoms with Crippen LogP contribution < -0.4 is 16.0 Å². The summed E-state index contributed by atoms with van der Waals surface area (Å²) in [6.45, 7) is 3.47. The van der Waals surface area contributed by atoms with Crippen molar-refractivity contribution in [1.82, 2.24) is 16.0 Å². The average molecular weight is 428 g/mol. The first-order chi connectivity index (χ1) is 12.3. The molecule has 9 heteroatoms. The molecule has 0 radical (unpaired) electrons. The highest BCUT2D eigenvalue weighted by Crippen LogP contribution is 2.11. The van der Waals surface area contributed by atoms with Gasteiger partial charge in [-0.25, -0.2) is 4.79 Å². The van der Waals surface area contributed by atoms with Gasteiger partial charge in [0.15, 0.2) is 6.61 Å². The third-order valence-corrected chi connectivity index (χ3v) is 3.60. The molecule has 0 heterocycles. The molecule has 4 amide bonds. The fourth-order valence-corrected chi connectivity index (χ4v) is 2.16. The second-order valence-electron chi connectivity index (χ2n) is 5.84. The van der Waals surface area contributed by atoms with E-state index in [4.69, 9.17) is 4.74 Å². The number of urea groups is 1. The minimum atomic E-state index is -0.788. The van der Waals surface area contributed by atoms with Crippen LogP contribution in [-0.2, 0) is 14.3 Å². The molecule has 8 nitrogen and oxygen atoms in total. The topological polar surface area (TPSA) is 114 Å². The standard InChI is InChI=1S/C17H22BrN3O5/c1-11(2)6-7-19-17(25)21-14(22)10-26-15(23)9-20-16(24)12-4-3-5-13(18)8-12/h3-5,8,11H,6-7,9-10H2,1-2H3,(H,20,24)(H2,19,21,22,25). The largest absolute Gasteiger partial charge is 0.454 e. The molecule has 0 unspecified atom stereocenters. The molecule has 1 aromatic carbocycles. The lowest BCUT2D eigenvalue weighted by molar-refractivity contribution is -0.147. The highest BCUT2D eigenvalue weighted by Gasteiger charge is 2.12. The summed E-state index contributed by atoms with van der Waals surface area (Å²) in [5.41, 5.74) is 0.378. The maximum absolute atomic E-state index is 11.9. The number of benzene rings is 1. The van der Waals surface area contributed by atoms with Gasteiger partial charge in [-0.2, -0.15) is 0 Å². The van der Waals surface area contributed by atoms with Gasteiger partial charge in [0.2, 0.25) is 0 Å². The van der Waals surface area contributed by atoms with Gasteiger partial charge in [-0.1, -0.05) is 35.8 Å². The van der Waals surface area contributed by atoms with Crippen LogP contribution >= 0.6 is 15.9 Å². The summed E-state index contributed by atoms with van der Waals surface area (Å²) < 4.78 is 5.43. The normalized spacial score (nSPS) is 10.2. The molecule has 0 aliphatic rings. The maximum atomic E-state index is 11.9.